The van der Waals surface area contributed by atoms with Crippen molar-refractivity contribution in [3.05, 3.63) is 41.5 Å². The minimum Gasteiger partial charge on any atom is -0.381 e. The number of hydrogen-bond acceptors (Lipinski definition) is 3. The van der Waals surface area contributed by atoms with Gasteiger partial charge in [0.05, 0.1) is 5.92 Å². The van der Waals surface area contributed by atoms with E-state index in [0.717, 1.165) is 39.0 Å². The number of carbonyl (C=O) groups is 1. The third kappa shape index (κ3) is 4.88. The molecule has 0 bridgehead atoms. The SMILES string of the molecule is CC(C)=CCNc1ccccc1CN1CCCC(C(N)=O)C1. The largest absolute Gasteiger partial charge is 0.381 e. The van der Waals surface area contributed by atoms with Gasteiger partial charge in [0.15, 0.2) is 0 Å². The van der Waals surface area contributed by atoms with Gasteiger partial charge in [-0.2, -0.15) is 0 Å². The van der Waals surface area contributed by atoms with Gasteiger partial charge in [0.1, 0.15) is 0 Å². The van der Waals surface area contributed by atoms with Crippen LogP contribution in [0.1, 0.15) is 32.3 Å². The summed E-state index contributed by atoms with van der Waals surface area (Å²) in [5.74, 6) is -0.167. The Labute approximate surface area is 133 Å². The second-order valence-corrected chi connectivity index (χ2v) is 6.30. The number of para-hydroxylation sites is 1. The number of amides is 1. The molecule has 4 heteroatoms. The standard InChI is InChI=1S/C18H27N3O/c1-14(2)9-10-20-17-8-4-3-6-15(17)12-21-11-5-7-16(13-21)18(19)22/h3-4,6,8-9,16,20H,5,7,10-13H2,1-2H3,(H2,19,22). The normalized spacial score (nSPS) is 18.7. The lowest BCUT2D eigenvalue weighted by molar-refractivity contribution is -0.123. The summed E-state index contributed by atoms with van der Waals surface area (Å²) in [6.07, 6.45) is 4.15. The molecule has 1 heterocycles. The van der Waals surface area contributed by atoms with Gasteiger partial charge in [0.25, 0.3) is 0 Å². The highest BCUT2D eigenvalue weighted by molar-refractivity contribution is 5.76. The number of nitrogens with two attached hydrogens (primary N) is 1. The van der Waals surface area contributed by atoms with Crippen LogP contribution in [0.15, 0.2) is 35.9 Å². The van der Waals surface area contributed by atoms with E-state index in [2.05, 4.69) is 54.4 Å². The van der Waals surface area contributed by atoms with Crippen molar-refractivity contribution in [1.82, 2.24) is 4.90 Å². The van der Waals surface area contributed by atoms with Gasteiger partial charge >= 0.3 is 0 Å². The Morgan fingerprint density at radius 2 is 2.18 bits per heavy atom. The lowest BCUT2D eigenvalue weighted by atomic mass is 9.97. The number of nitrogens with one attached hydrogen (secondary N) is 1. The van der Waals surface area contributed by atoms with E-state index in [1.54, 1.807) is 0 Å². The fourth-order valence-corrected chi connectivity index (χ4v) is 2.87. The second kappa shape index (κ2) is 7.99. The van der Waals surface area contributed by atoms with E-state index in [4.69, 9.17) is 5.73 Å². The van der Waals surface area contributed by atoms with E-state index in [-0.39, 0.29) is 11.8 Å². The van der Waals surface area contributed by atoms with Crippen molar-refractivity contribution >= 4 is 11.6 Å². The summed E-state index contributed by atoms with van der Waals surface area (Å²) >= 11 is 0. The molecule has 1 unspecified atom stereocenters. The molecule has 0 saturated carbocycles. The molecule has 1 aliphatic rings. The maximum absolute atomic E-state index is 11.4. The third-order valence-electron chi connectivity index (χ3n) is 4.12. The lowest BCUT2D eigenvalue weighted by Crippen LogP contribution is -2.40. The van der Waals surface area contributed by atoms with E-state index < -0.39 is 0 Å². The molecule has 1 amide bonds. The Morgan fingerprint density at radius 1 is 1.41 bits per heavy atom. The van der Waals surface area contributed by atoms with Gasteiger partial charge in [0, 0.05) is 25.3 Å². The number of allylic oxidation sites excluding steroid dienone is 1. The molecule has 120 valence electrons. The molecular weight excluding hydrogens is 274 g/mol. The fraction of sp³-hybridized carbons (Fsp3) is 0.500. The minimum atomic E-state index is -0.167. The summed E-state index contributed by atoms with van der Waals surface area (Å²) in [4.78, 5) is 13.7. The topological polar surface area (TPSA) is 58.4 Å². The van der Waals surface area contributed by atoms with E-state index in [0.29, 0.717) is 0 Å². The number of benzene rings is 1. The number of nitrogens with zero attached hydrogens (tertiary/aromatic N) is 1. The number of rotatable bonds is 6. The highest BCUT2D eigenvalue weighted by Gasteiger charge is 2.24. The molecule has 1 atom stereocenters. The molecule has 0 spiro atoms. The van der Waals surface area contributed by atoms with E-state index in [1.165, 1.54) is 16.8 Å². The molecule has 3 N–H and O–H groups in total. The summed E-state index contributed by atoms with van der Waals surface area (Å²) in [5.41, 5.74) is 9.21. The van der Waals surface area contributed by atoms with Gasteiger partial charge in [-0.15, -0.1) is 0 Å². The predicted octanol–water partition coefficient (Wildman–Crippen LogP) is 2.76. The third-order valence-corrected chi connectivity index (χ3v) is 4.12. The zero-order chi connectivity index (χ0) is 15.9. The second-order valence-electron chi connectivity index (χ2n) is 6.30. The average Bonchev–Trinajstić information content (AvgIpc) is 2.49. The Bertz CT molecular complexity index is 535. The summed E-state index contributed by atoms with van der Waals surface area (Å²) in [7, 11) is 0. The number of hydrogen-bond donors (Lipinski definition) is 2. The van der Waals surface area contributed by atoms with Crippen LogP contribution in [-0.4, -0.2) is 30.4 Å². The lowest BCUT2D eigenvalue weighted by Gasteiger charge is -2.31. The molecule has 0 radical (unpaired) electrons. The first-order valence-electron chi connectivity index (χ1n) is 8.03. The molecule has 1 saturated heterocycles. The van der Waals surface area contributed by atoms with Crippen LogP contribution in [0.5, 0.6) is 0 Å². The first-order valence-corrected chi connectivity index (χ1v) is 8.03. The summed E-state index contributed by atoms with van der Waals surface area (Å²) in [5, 5.41) is 3.47. The van der Waals surface area contributed by atoms with Crippen LogP contribution in [0.2, 0.25) is 0 Å². The predicted molar refractivity (Wildman–Crippen MR) is 91.6 cm³/mol. The number of primary amides is 1. The highest BCUT2D eigenvalue weighted by Crippen LogP contribution is 2.22. The molecule has 1 aliphatic heterocycles. The number of piperidine rings is 1. The molecular formula is C18H27N3O. The first kappa shape index (κ1) is 16.6. The van der Waals surface area contributed by atoms with Crippen LogP contribution >= 0.6 is 0 Å². The smallest absolute Gasteiger partial charge is 0.221 e. The maximum atomic E-state index is 11.4. The summed E-state index contributed by atoms with van der Waals surface area (Å²) in [6.45, 7) is 7.71. The molecule has 22 heavy (non-hydrogen) atoms. The number of likely N-dealkylation sites (tertiary alicyclic amines) is 1. The Kier molecular flexibility index (Phi) is 6.01. The summed E-state index contributed by atoms with van der Waals surface area (Å²) < 4.78 is 0. The van der Waals surface area contributed by atoms with Crippen molar-refractivity contribution in [1.29, 1.82) is 0 Å². The Morgan fingerprint density at radius 3 is 2.91 bits per heavy atom. The molecule has 1 fully saturated rings. The highest BCUT2D eigenvalue weighted by atomic mass is 16.1. The number of carbonyl (C=O) groups excluding carboxylic acids is 1. The zero-order valence-corrected chi connectivity index (χ0v) is 13.6. The van der Waals surface area contributed by atoms with Crippen molar-refractivity contribution in [3.63, 3.8) is 0 Å². The molecule has 1 aromatic rings. The van der Waals surface area contributed by atoms with E-state index in [1.807, 2.05) is 0 Å². The molecule has 0 aliphatic carbocycles. The van der Waals surface area contributed by atoms with Gasteiger partial charge in [-0.25, -0.2) is 0 Å². The van der Waals surface area contributed by atoms with Crippen LogP contribution in [-0.2, 0) is 11.3 Å². The molecule has 4 nitrogen and oxygen atoms in total. The Balaban J connectivity index is 1.99. The van der Waals surface area contributed by atoms with Crippen molar-refractivity contribution in [2.45, 2.75) is 33.2 Å². The van der Waals surface area contributed by atoms with Gasteiger partial charge < -0.3 is 11.1 Å². The molecule has 2 rings (SSSR count). The maximum Gasteiger partial charge on any atom is 0.221 e. The monoisotopic (exact) mass is 301 g/mol. The number of anilines is 1. The van der Waals surface area contributed by atoms with Crippen LogP contribution in [0.25, 0.3) is 0 Å². The van der Waals surface area contributed by atoms with Crippen molar-refractivity contribution in [2.75, 3.05) is 25.0 Å². The van der Waals surface area contributed by atoms with E-state index >= 15 is 0 Å². The van der Waals surface area contributed by atoms with Crippen LogP contribution in [0.3, 0.4) is 0 Å². The van der Waals surface area contributed by atoms with Crippen molar-refractivity contribution < 1.29 is 4.79 Å². The van der Waals surface area contributed by atoms with Gasteiger partial charge in [-0.3, -0.25) is 9.69 Å². The van der Waals surface area contributed by atoms with Crippen LogP contribution in [0, 0.1) is 5.92 Å². The summed E-state index contributed by atoms with van der Waals surface area (Å²) in [6, 6.07) is 8.39. The van der Waals surface area contributed by atoms with Crippen molar-refractivity contribution in [3.8, 4) is 0 Å². The Hall–Kier alpha value is -1.81. The minimum absolute atomic E-state index is 0.000421. The molecule has 1 aromatic carbocycles. The van der Waals surface area contributed by atoms with Crippen LogP contribution < -0.4 is 11.1 Å². The average molecular weight is 301 g/mol. The quantitative estimate of drug-likeness (QED) is 0.794. The van der Waals surface area contributed by atoms with Crippen LogP contribution in [0.4, 0.5) is 5.69 Å². The van der Waals surface area contributed by atoms with Gasteiger partial charge in [-0.1, -0.05) is 29.8 Å². The zero-order valence-electron chi connectivity index (χ0n) is 13.6. The fourth-order valence-electron chi connectivity index (χ4n) is 2.87. The van der Waals surface area contributed by atoms with Crippen molar-refractivity contribution in [2.24, 2.45) is 11.7 Å². The van der Waals surface area contributed by atoms with Gasteiger partial charge in [0.2, 0.25) is 5.91 Å². The molecule has 0 aromatic heterocycles. The van der Waals surface area contributed by atoms with E-state index in [9.17, 15) is 4.79 Å². The first-order chi connectivity index (χ1) is 10.6. The van der Waals surface area contributed by atoms with Gasteiger partial charge in [-0.05, 0) is 44.9 Å².